The molecule has 4 rings (SSSR count). The summed E-state index contributed by atoms with van der Waals surface area (Å²) in [6.07, 6.45) is 9.75. The summed E-state index contributed by atoms with van der Waals surface area (Å²) in [5.74, 6) is 9.11. The van der Waals surface area contributed by atoms with Crippen LogP contribution in [0.3, 0.4) is 0 Å². The van der Waals surface area contributed by atoms with Crippen LogP contribution in [0.2, 0.25) is 0 Å². The van der Waals surface area contributed by atoms with Gasteiger partial charge in [-0.05, 0) is 72.9 Å². The van der Waals surface area contributed by atoms with Crippen molar-refractivity contribution in [3.63, 3.8) is 0 Å². The fourth-order valence-electron chi connectivity index (χ4n) is 4.11. The van der Waals surface area contributed by atoms with Crippen molar-refractivity contribution in [1.82, 2.24) is 0 Å². The average Bonchev–Trinajstić information content (AvgIpc) is 2.79. The first-order valence-corrected chi connectivity index (χ1v) is 10.3. The largest absolute Gasteiger partial charge is 0.435 e. The normalized spacial score (nSPS) is 18.3. The summed E-state index contributed by atoms with van der Waals surface area (Å²) in [6.45, 7) is -2.87. The molecule has 0 aliphatic heterocycles. The molecule has 1 aliphatic carbocycles. The van der Waals surface area contributed by atoms with E-state index in [-0.39, 0.29) is 11.6 Å². The molecule has 0 atom stereocenters. The molecule has 0 saturated heterocycles. The Morgan fingerprint density at radius 3 is 2.32 bits per heavy atom. The van der Waals surface area contributed by atoms with Crippen molar-refractivity contribution in [2.24, 2.45) is 5.92 Å². The van der Waals surface area contributed by atoms with Crippen molar-refractivity contribution >= 4 is 10.8 Å². The lowest BCUT2D eigenvalue weighted by Crippen LogP contribution is -2.11. The Kier molecular flexibility index (Phi) is 6.19. The lowest BCUT2D eigenvalue weighted by molar-refractivity contribution is -0.0498. The number of rotatable bonds is 3. The van der Waals surface area contributed by atoms with Crippen molar-refractivity contribution in [2.75, 3.05) is 0 Å². The van der Waals surface area contributed by atoms with Gasteiger partial charge in [0.2, 0.25) is 0 Å². The first kappa shape index (κ1) is 20.9. The van der Waals surface area contributed by atoms with Gasteiger partial charge < -0.3 is 4.74 Å². The minimum Gasteiger partial charge on any atom is -0.435 e. The summed E-state index contributed by atoms with van der Waals surface area (Å²) in [5.41, 5.74) is 2.11. The Hall–Kier alpha value is -3.37. The van der Waals surface area contributed by atoms with Gasteiger partial charge in [0.15, 0.2) is 0 Å². The number of hydrogen-bond donors (Lipinski definition) is 0. The minimum atomic E-state index is -2.87. The van der Waals surface area contributed by atoms with Gasteiger partial charge in [0.05, 0.1) is 5.56 Å². The number of benzene rings is 3. The SMILES string of the molecule is C#CC1CCC(c2ccc3c(F)c(C#Cc4ccc(OC(F)F)cc4)ccc3c2)CC1. The zero-order chi connectivity index (χ0) is 21.8. The van der Waals surface area contributed by atoms with Crippen molar-refractivity contribution in [2.45, 2.75) is 38.2 Å². The summed E-state index contributed by atoms with van der Waals surface area (Å²) >= 11 is 0. The van der Waals surface area contributed by atoms with Gasteiger partial charge in [-0.1, -0.05) is 36.1 Å². The van der Waals surface area contributed by atoms with E-state index in [1.807, 2.05) is 18.2 Å². The first-order chi connectivity index (χ1) is 15.0. The van der Waals surface area contributed by atoms with Crippen LogP contribution in [-0.2, 0) is 0 Å². The Bertz CT molecular complexity index is 1170. The van der Waals surface area contributed by atoms with E-state index >= 15 is 4.39 Å². The van der Waals surface area contributed by atoms with Crippen LogP contribution in [0.25, 0.3) is 10.8 Å². The highest BCUT2D eigenvalue weighted by atomic mass is 19.3. The zero-order valence-corrected chi connectivity index (χ0v) is 16.9. The molecule has 1 nitrogen and oxygen atoms in total. The fraction of sp³-hybridized carbons (Fsp3) is 0.259. The maximum Gasteiger partial charge on any atom is 0.387 e. The van der Waals surface area contributed by atoms with E-state index in [2.05, 4.69) is 28.6 Å². The topological polar surface area (TPSA) is 9.23 Å². The van der Waals surface area contributed by atoms with Gasteiger partial charge in [-0.2, -0.15) is 8.78 Å². The molecule has 0 bridgehead atoms. The maximum atomic E-state index is 15.0. The van der Waals surface area contributed by atoms with E-state index in [1.165, 1.54) is 17.7 Å². The van der Waals surface area contributed by atoms with Gasteiger partial charge in [-0.15, -0.1) is 12.3 Å². The third-order valence-electron chi connectivity index (χ3n) is 5.83. The quantitative estimate of drug-likeness (QED) is 0.421. The van der Waals surface area contributed by atoms with Gasteiger partial charge in [0, 0.05) is 16.9 Å². The van der Waals surface area contributed by atoms with Gasteiger partial charge >= 0.3 is 6.61 Å². The summed E-state index contributed by atoms with van der Waals surface area (Å²) in [4.78, 5) is 0. The smallest absolute Gasteiger partial charge is 0.387 e. The molecule has 0 aromatic heterocycles. The molecule has 31 heavy (non-hydrogen) atoms. The molecule has 0 radical (unpaired) electrons. The van der Waals surface area contributed by atoms with E-state index in [0.717, 1.165) is 31.1 Å². The number of ether oxygens (including phenoxy) is 1. The van der Waals surface area contributed by atoms with E-state index in [9.17, 15) is 8.78 Å². The van der Waals surface area contributed by atoms with Crippen LogP contribution in [0, 0.1) is 35.9 Å². The van der Waals surface area contributed by atoms with Gasteiger partial charge in [0.25, 0.3) is 0 Å². The van der Waals surface area contributed by atoms with Crippen molar-refractivity contribution in [1.29, 1.82) is 0 Å². The molecule has 1 aliphatic rings. The predicted octanol–water partition coefficient (Wildman–Crippen LogP) is 6.89. The lowest BCUT2D eigenvalue weighted by Gasteiger charge is -2.26. The molecule has 3 aromatic rings. The molecule has 0 spiro atoms. The van der Waals surface area contributed by atoms with Gasteiger partial charge in [-0.25, -0.2) is 4.39 Å². The number of fused-ring (bicyclic) bond motifs is 1. The summed E-state index contributed by atoms with van der Waals surface area (Å²) in [6, 6.07) is 15.4. The molecule has 0 heterocycles. The molecule has 0 unspecified atom stereocenters. The molecule has 156 valence electrons. The van der Waals surface area contributed by atoms with Crippen molar-refractivity contribution in [3.05, 3.63) is 77.1 Å². The first-order valence-electron chi connectivity index (χ1n) is 10.3. The Balaban J connectivity index is 1.54. The highest BCUT2D eigenvalue weighted by molar-refractivity contribution is 5.85. The number of terminal acetylenes is 1. The molecule has 4 heteroatoms. The molecular weight excluding hydrogens is 397 g/mol. The number of halogens is 3. The molecule has 1 fully saturated rings. The van der Waals surface area contributed by atoms with Crippen LogP contribution in [0.1, 0.15) is 48.3 Å². The maximum absolute atomic E-state index is 15.0. The molecule has 3 aromatic carbocycles. The average molecular weight is 418 g/mol. The fourth-order valence-corrected chi connectivity index (χ4v) is 4.11. The van der Waals surface area contributed by atoms with E-state index in [0.29, 0.717) is 28.3 Å². The summed E-state index contributed by atoms with van der Waals surface area (Å²) < 4.78 is 43.8. The van der Waals surface area contributed by atoms with E-state index in [4.69, 9.17) is 6.42 Å². The molecule has 1 saturated carbocycles. The molecule has 0 N–H and O–H groups in total. The number of alkyl halides is 2. The summed E-state index contributed by atoms with van der Waals surface area (Å²) in [5, 5.41) is 1.39. The molecular formula is C27H21F3O. The minimum absolute atomic E-state index is 0.0565. The third kappa shape index (κ3) is 4.86. The van der Waals surface area contributed by atoms with Crippen molar-refractivity contribution < 1.29 is 17.9 Å². The van der Waals surface area contributed by atoms with Crippen LogP contribution in [-0.4, -0.2) is 6.61 Å². The van der Waals surface area contributed by atoms with Crippen LogP contribution in [0.15, 0.2) is 54.6 Å². The third-order valence-corrected chi connectivity index (χ3v) is 5.83. The monoisotopic (exact) mass is 418 g/mol. The summed E-state index contributed by atoms with van der Waals surface area (Å²) in [7, 11) is 0. The second kappa shape index (κ2) is 9.19. The second-order valence-corrected chi connectivity index (χ2v) is 7.78. The van der Waals surface area contributed by atoms with Crippen LogP contribution in [0.4, 0.5) is 13.2 Å². The lowest BCUT2D eigenvalue weighted by atomic mass is 9.78. The Morgan fingerprint density at radius 1 is 0.903 bits per heavy atom. The van der Waals surface area contributed by atoms with Crippen molar-refractivity contribution in [3.8, 4) is 29.9 Å². The van der Waals surface area contributed by atoms with Crippen LogP contribution >= 0.6 is 0 Å². The Labute approximate surface area is 180 Å². The standard InChI is InChI=1S/C27H21F3O/c1-2-18-3-8-20(9-4-18)22-13-16-25-23(17-22)12-11-21(26(25)28)10-5-19-6-14-24(15-7-19)31-27(29)30/h1,6-7,11-18,20,27H,3-4,8-9H2. The van der Waals surface area contributed by atoms with Crippen LogP contribution < -0.4 is 4.74 Å². The predicted molar refractivity (Wildman–Crippen MR) is 116 cm³/mol. The van der Waals surface area contributed by atoms with Crippen LogP contribution in [0.5, 0.6) is 5.75 Å². The van der Waals surface area contributed by atoms with Gasteiger partial charge in [-0.3, -0.25) is 0 Å². The van der Waals surface area contributed by atoms with Gasteiger partial charge in [0.1, 0.15) is 11.6 Å². The van der Waals surface area contributed by atoms with E-state index in [1.54, 1.807) is 18.2 Å². The van der Waals surface area contributed by atoms with E-state index < -0.39 is 6.61 Å². The zero-order valence-electron chi connectivity index (χ0n) is 16.9. The Morgan fingerprint density at radius 2 is 1.65 bits per heavy atom. The highest BCUT2D eigenvalue weighted by Gasteiger charge is 2.21. The number of hydrogen-bond acceptors (Lipinski definition) is 1. The second-order valence-electron chi connectivity index (χ2n) is 7.78. The molecule has 0 amide bonds. The highest BCUT2D eigenvalue weighted by Crippen LogP contribution is 2.36.